The number of carbonyl (C=O) groups excluding carboxylic acids is 1. The highest BCUT2D eigenvalue weighted by Crippen LogP contribution is 2.29. The molecule has 1 aliphatic heterocycles. The topological polar surface area (TPSA) is 37.3 Å². The predicted molar refractivity (Wildman–Crippen MR) is 89.7 cm³/mol. The number of hydrogen-bond acceptors (Lipinski definition) is 2. The van der Waals surface area contributed by atoms with Gasteiger partial charge in [-0.15, -0.1) is 0 Å². The molecule has 2 heterocycles. The number of nitrogens with zero attached hydrogens (tertiary/aromatic N) is 2. The molecule has 0 aliphatic carbocycles. The number of benzene rings is 1. The van der Waals surface area contributed by atoms with Crippen LogP contribution in [0.4, 0.5) is 0 Å². The van der Waals surface area contributed by atoms with Crippen molar-refractivity contribution in [3.8, 4) is 0 Å². The molecule has 114 valence electrons. The quantitative estimate of drug-likeness (QED) is 0.860. The van der Waals surface area contributed by atoms with Gasteiger partial charge in [0.1, 0.15) is 0 Å². The van der Waals surface area contributed by atoms with Crippen LogP contribution >= 0.6 is 0 Å². The monoisotopic (exact) mass is 295 g/mol. The van der Waals surface area contributed by atoms with E-state index in [1.807, 2.05) is 36.3 Å². The van der Waals surface area contributed by atoms with E-state index in [1.54, 1.807) is 4.48 Å². The van der Waals surface area contributed by atoms with Gasteiger partial charge in [-0.3, -0.25) is 10.1 Å². The average molecular weight is 295 g/mol. The van der Waals surface area contributed by atoms with Crippen molar-refractivity contribution in [3.63, 3.8) is 0 Å². The highest BCUT2D eigenvalue weighted by atomic mass is 16.2. The van der Waals surface area contributed by atoms with Crippen molar-refractivity contribution >= 4 is 24.8 Å². The van der Waals surface area contributed by atoms with Gasteiger partial charge in [-0.25, -0.2) is 0 Å². The Labute approximate surface area is 132 Å². The van der Waals surface area contributed by atoms with Crippen molar-refractivity contribution < 1.29 is 4.79 Å². The van der Waals surface area contributed by atoms with Crippen LogP contribution in [0.1, 0.15) is 26.3 Å². The number of aromatic nitrogens is 1. The van der Waals surface area contributed by atoms with Crippen LogP contribution in [0.2, 0.25) is 0 Å². The molecular formula is C17H22BN3O. The van der Waals surface area contributed by atoms with Crippen LogP contribution in [-0.2, 0) is 11.2 Å². The van der Waals surface area contributed by atoms with Gasteiger partial charge in [0.15, 0.2) is 0 Å². The first kappa shape index (κ1) is 15.2. The second-order valence-corrected chi connectivity index (χ2v) is 7.22. The summed E-state index contributed by atoms with van der Waals surface area (Å²) in [5, 5.41) is 4.59. The average Bonchev–Trinajstić information content (AvgIpc) is 2.92. The van der Waals surface area contributed by atoms with Crippen LogP contribution in [-0.4, -0.2) is 42.5 Å². The molecule has 1 saturated heterocycles. The molecule has 2 unspecified atom stereocenters. The molecule has 0 saturated carbocycles. The Bertz CT molecular complexity index is 716. The largest absolute Gasteiger partial charge is 0.403 e. The number of nitrogens with one attached hydrogen (secondary N) is 1. The van der Waals surface area contributed by atoms with Crippen molar-refractivity contribution in [3.05, 3.63) is 36.0 Å². The van der Waals surface area contributed by atoms with E-state index in [4.69, 9.17) is 7.98 Å². The van der Waals surface area contributed by atoms with Crippen LogP contribution in [0.3, 0.4) is 0 Å². The van der Waals surface area contributed by atoms with E-state index in [0.717, 1.165) is 16.5 Å². The molecule has 2 aromatic rings. The molecule has 3 rings (SSSR count). The standard InChI is InChI=1S/C17H22BN3O/c1-17(2,3)16-19-13(15(22)20(16)4)9-11-10-21(18)14-8-6-5-7-12(11)14/h5-8,10,13,16,19H,9H2,1-4H3. The van der Waals surface area contributed by atoms with E-state index in [-0.39, 0.29) is 23.5 Å². The maximum atomic E-state index is 12.5. The van der Waals surface area contributed by atoms with Crippen LogP contribution in [0.5, 0.6) is 0 Å². The minimum absolute atomic E-state index is 0.00102. The van der Waals surface area contributed by atoms with Crippen molar-refractivity contribution in [2.75, 3.05) is 7.05 Å². The summed E-state index contributed by atoms with van der Waals surface area (Å²) in [4.78, 5) is 14.4. The Morgan fingerprint density at radius 3 is 2.59 bits per heavy atom. The van der Waals surface area contributed by atoms with Crippen molar-refractivity contribution in [1.29, 1.82) is 0 Å². The first-order valence-corrected chi connectivity index (χ1v) is 7.66. The van der Waals surface area contributed by atoms with Gasteiger partial charge in [0.25, 0.3) is 0 Å². The molecule has 1 aromatic carbocycles. The van der Waals surface area contributed by atoms with Gasteiger partial charge in [0.2, 0.25) is 13.9 Å². The van der Waals surface area contributed by atoms with Crippen molar-refractivity contribution in [2.45, 2.75) is 39.4 Å². The highest BCUT2D eigenvalue weighted by molar-refractivity contribution is 6.12. The maximum Gasteiger partial charge on any atom is 0.241 e. The van der Waals surface area contributed by atoms with E-state index in [1.165, 1.54) is 0 Å². The Hall–Kier alpha value is -1.75. The number of amides is 1. The number of fused-ring (bicyclic) bond motifs is 1. The molecule has 1 fully saturated rings. The van der Waals surface area contributed by atoms with Crippen LogP contribution in [0.15, 0.2) is 30.5 Å². The summed E-state index contributed by atoms with van der Waals surface area (Å²) < 4.78 is 1.63. The Kier molecular flexibility index (Phi) is 3.56. The van der Waals surface area contributed by atoms with Gasteiger partial charge in [-0.05, 0) is 29.7 Å². The van der Waals surface area contributed by atoms with Crippen molar-refractivity contribution in [1.82, 2.24) is 14.7 Å². The second-order valence-electron chi connectivity index (χ2n) is 7.22. The summed E-state index contributed by atoms with van der Waals surface area (Å²) in [5.74, 6) is 0.147. The number of carbonyl (C=O) groups is 1. The summed E-state index contributed by atoms with van der Waals surface area (Å²) in [5.41, 5.74) is 2.09. The van der Waals surface area contributed by atoms with Crippen LogP contribution in [0, 0.1) is 5.41 Å². The summed E-state index contributed by atoms with van der Waals surface area (Å²) in [7, 11) is 7.88. The van der Waals surface area contributed by atoms with Gasteiger partial charge in [0.05, 0.1) is 12.2 Å². The molecule has 1 aromatic heterocycles. The molecule has 1 N–H and O–H groups in total. The number of likely N-dealkylation sites (N-methyl/N-ethyl adjacent to an activating group) is 1. The summed E-state index contributed by atoms with van der Waals surface area (Å²) in [6.07, 6.45) is 2.63. The fourth-order valence-corrected chi connectivity index (χ4v) is 3.38. The van der Waals surface area contributed by atoms with Gasteiger partial charge >= 0.3 is 0 Å². The Balaban J connectivity index is 1.88. The summed E-state index contributed by atoms with van der Waals surface area (Å²) in [6.45, 7) is 6.42. The third-order valence-corrected chi connectivity index (χ3v) is 4.46. The first-order valence-electron chi connectivity index (χ1n) is 7.66. The first-order chi connectivity index (χ1) is 10.3. The molecular weight excluding hydrogens is 273 g/mol. The SMILES string of the molecule is [B]n1cc(CC2NC(C(C)(C)C)N(C)C2=O)c2ccccc21. The van der Waals surface area contributed by atoms with Gasteiger partial charge < -0.3 is 9.38 Å². The van der Waals surface area contributed by atoms with Crippen molar-refractivity contribution in [2.24, 2.45) is 5.41 Å². The molecule has 0 spiro atoms. The zero-order valence-electron chi connectivity index (χ0n) is 13.6. The van der Waals surface area contributed by atoms with E-state index >= 15 is 0 Å². The number of rotatable bonds is 2. The molecule has 1 aliphatic rings. The second kappa shape index (κ2) is 5.16. The zero-order valence-corrected chi connectivity index (χ0v) is 13.6. The molecule has 5 heteroatoms. The lowest BCUT2D eigenvalue weighted by Gasteiger charge is -2.32. The van der Waals surface area contributed by atoms with Crippen LogP contribution < -0.4 is 5.32 Å². The molecule has 1 amide bonds. The maximum absolute atomic E-state index is 12.5. The van der Waals surface area contributed by atoms with E-state index in [9.17, 15) is 4.79 Å². The molecule has 2 atom stereocenters. The van der Waals surface area contributed by atoms with Gasteiger partial charge in [-0.2, -0.15) is 0 Å². The van der Waals surface area contributed by atoms with Gasteiger partial charge in [-0.1, -0.05) is 39.0 Å². The van der Waals surface area contributed by atoms with E-state index < -0.39 is 0 Å². The predicted octanol–water partition coefficient (Wildman–Crippen LogP) is 1.92. The Morgan fingerprint density at radius 1 is 1.27 bits per heavy atom. The third-order valence-electron chi connectivity index (χ3n) is 4.46. The smallest absolute Gasteiger partial charge is 0.241 e. The lowest BCUT2D eigenvalue weighted by molar-refractivity contribution is -0.129. The molecule has 4 nitrogen and oxygen atoms in total. The molecule has 2 radical (unpaired) electrons. The lowest BCUT2D eigenvalue weighted by Crippen LogP contribution is -2.45. The van der Waals surface area contributed by atoms with Crippen LogP contribution in [0.25, 0.3) is 10.9 Å². The Morgan fingerprint density at radius 2 is 1.95 bits per heavy atom. The zero-order chi connectivity index (χ0) is 16.1. The summed E-state index contributed by atoms with van der Waals surface area (Å²) in [6, 6.07) is 7.82. The third kappa shape index (κ3) is 2.43. The number of para-hydroxylation sites is 1. The van der Waals surface area contributed by atoms with E-state index in [2.05, 4.69) is 32.2 Å². The minimum Gasteiger partial charge on any atom is -0.403 e. The lowest BCUT2D eigenvalue weighted by atomic mass is 9.92. The fraction of sp³-hybridized carbons (Fsp3) is 0.471. The van der Waals surface area contributed by atoms with Gasteiger partial charge in [0, 0.05) is 18.0 Å². The summed E-state index contributed by atoms with van der Waals surface area (Å²) >= 11 is 0. The fourth-order valence-electron chi connectivity index (χ4n) is 3.38. The number of hydrogen-bond donors (Lipinski definition) is 1. The van der Waals surface area contributed by atoms with E-state index in [0.29, 0.717) is 6.42 Å². The highest BCUT2D eigenvalue weighted by Gasteiger charge is 2.42. The normalized spacial score (nSPS) is 22.7. The minimum atomic E-state index is -0.194. The molecule has 22 heavy (non-hydrogen) atoms. The molecule has 0 bridgehead atoms.